The minimum Gasteiger partial charge on any atom is -0.351 e. The van der Waals surface area contributed by atoms with Crippen molar-refractivity contribution in [3.63, 3.8) is 0 Å². The third kappa shape index (κ3) is 10.9. The van der Waals surface area contributed by atoms with Gasteiger partial charge < -0.3 is 31.1 Å². The van der Waals surface area contributed by atoms with Gasteiger partial charge in [-0.25, -0.2) is 0 Å². The van der Waals surface area contributed by atoms with Crippen LogP contribution in [-0.2, 0) is 19.2 Å². The predicted octanol–water partition coefficient (Wildman–Crippen LogP) is 1.78. The largest absolute Gasteiger partial charge is 0.351 e. The fourth-order valence-corrected chi connectivity index (χ4v) is 4.77. The predicted molar refractivity (Wildman–Crippen MR) is 167 cm³/mol. The van der Waals surface area contributed by atoms with Gasteiger partial charge in [0.25, 0.3) is 5.91 Å². The van der Waals surface area contributed by atoms with Crippen LogP contribution >= 0.6 is 0 Å². The van der Waals surface area contributed by atoms with Gasteiger partial charge in [-0.15, -0.1) is 0 Å². The average molecular weight is 601 g/mol. The maximum absolute atomic E-state index is 13.3. The first-order chi connectivity index (χ1) is 20.0. The summed E-state index contributed by atoms with van der Waals surface area (Å²) in [7, 11) is 2.02. The molecule has 240 valence electrons. The van der Waals surface area contributed by atoms with Gasteiger partial charge in [0.1, 0.15) is 18.1 Å². The van der Waals surface area contributed by atoms with Crippen molar-refractivity contribution >= 4 is 29.5 Å². The van der Waals surface area contributed by atoms with Crippen molar-refractivity contribution in [1.82, 2.24) is 31.1 Å². The first-order valence-corrected chi connectivity index (χ1v) is 15.2. The molecular weight excluding hydrogens is 548 g/mol. The molecule has 0 saturated carbocycles. The van der Waals surface area contributed by atoms with E-state index in [9.17, 15) is 24.0 Å². The number of nitrogens with one attached hydrogen (secondary N) is 4. The van der Waals surface area contributed by atoms with Gasteiger partial charge in [0, 0.05) is 44.2 Å². The number of carbonyl (C=O) groups is 5. The smallest absolute Gasteiger partial charge is 0.251 e. The summed E-state index contributed by atoms with van der Waals surface area (Å²) in [5.74, 6) is -1.92. The molecule has 0 radical (unpaired) electrons. The van der Waals surface area contributed by atoms with Crippen LogP contribution in [0.2, 0.25) is 0 Å². The molecule has 5 amide bonds. The van der Waals surface area contributed by atoms with Crippen molar-refractivity contribution in [3.8, 4) is 0 Å². The Morgan fingerprint density at radius 1 is 0.767 bits per heavy atom. The third-order valence-electron chi connectivity index (χ3n) is 7.79. The maximum atomic E-state index is 13.3. The Kier molecular flexibility index (Phi) is 13.2. The Labute approximate surface area is 256 Å². The molecule has 2 rings (SSSR count). The number of nitrogens with zero attached hydrogens (tertiary/aromatic N) is 2. The van der Waals surface area contributed by atoms with Crippen molar-refractivity contribution in [2.45, 2.75) is 86.0 Å². The van der Waals surface area contributed by atoms with E-state index in [4.69, 9.17) is 0 Å². The number of hydrogen-bond acceptors (Lipinski definition) is 6. The van der Waals surface area contributed by atoms with Gasteiger partial charge in [0.15, 0.2) is 0 Å². The first-order valence-electron chi connectivity index (χ1n) is 15.2. The minimum absolute atomic E-state index is 0.0128. The van der Waals surface area contributed by atoms with E-state index in [1.54, 1.807) is 42.2 Å². The van der Waals surface area contributed by atoms with Crippen molar-refractivity contribution in [2.75, 3.05) is 33.2 Å². The van der Waals surface area contributed by atoms with Crippen molar-refractivity contribution in [1.29, 1.82) is 0 Å². The topological polar surface area (TPSA) is 140 Å². The molecule has 4 atom stereocenters. The van der Waals surface area contributed by atoms with E-state index in [0.717, 1.165) is 13.1 Å². The Balaban J connectivity index is 2.01. The summed E-state index contributed by atoms with van der Waals surface area (Å²) in [6.07, 6.45) is -0.0128. The summed E-state index contributed by atoms with van der Waals surface area (Å²) in [6.45, 7) is 17.5. The molecule has 1 aliphatic heterocycles. The zero-order valence-electron chi connectivity index (χ0n) is 27.3. The fourth-order valence-electron chi connectivity index (χ4n) is 4.77. The third-order valence-corrected chi connectivity index (χ3v) is 7.79. The lowest BCUT2D eigenvalue weighted by molar-refractivity contribution is -0.139. The van der Waals surface area contributed by atoms with E-state index in [0.29, 0.717) is 18.7 Å². The van der Waals surface area contributed by atoms with Crippen LogP contribution in [0.15, 0.2) is 30.3 Å². The second kappa shape index (κ2) is 15.8. The van der Waals surface area contributed by atoms with Gasteiger partial charge in [-0.1, -0.05) is 66.7 Å². The van der Waals surface area contributed by atoms with Crippen LogP contribution in [0.4, 0.5) is 0 Å². The molecule has 4 unspecified atom stereocenters. The quantitative estimate of drug-likeness (QED) is 0.289. The average Bonchev–Trinajstić information content (AvgIpc) is 2.93. The van der Waals surface area contributed by atoms with Gasteiger partial charge in [-0.3, -0.25) is 24.0 Å². The van der Waals surface area contributed by atoms with Crippen molar-refractivity contribution < 1.29 is 24.0 Å². The van der Waals surface area contributed by atoms with E-state index in [2.05, 4.69) is 26.2 Å². The number of piperazine rings is 1. The lowest BCUT2D eigenvalue weighted by Gasteiger charge is -2.36. The van der Waals surface area contributed by atoms with Crippen LogP contribution in [0.25, 0.3) is 0 Å². The second-order valence-electron chi connectivity index (χ2n) is 13.3. The monoisotopic (exact) mass is 600 g/mol. The zero-order valence-corrected chi connectivity index (χ0v) is 27.3. The number of amides is 5. The fraction of sp³-hybridized carbons (Fsp3) is 0.656. The summed E-state index contributed by atoms with van der Waals surface area (Å²) < 4.78 is 0. The molecular formula is C32H52N6O5. The zero-order chi connectivity index (χ0) is 32.5. The highest BCUT2D eigenvalue weighted by atomic mass is 16.2. The molecule has 4 N–H and O–H groups in total. The maximum Gasteiger partial charge on any atom is 0.251 e. The Bertz CT molecular complexity index is 1110. The molecule has 0 spiro atoms. The summed E-state index contributed by atoms with van der Waals surface area (Å²) >= 11 is 0. The van der Waals surface area contributed by atoms with Gasteiger partial charge in [0.05, 0.1) is 0 Å². The molecule has 1 aromatic carbocycles. The highest BCUT2D eigenvalue weighted by Crippen LogP contribution is 2.20. The molecule has 43 heavy (non-hydrogen) atoms. The molecule has 1 aromatic rings. The van der Waals surface area contributed by atoms with Gasteiger partial charge >= 0.3 is 0 Å². The van der Waals surface area contributed by atoms with Crippen LogP contribution < -0.4 is 21.3 Å². The van der Waals surface area contributed by atoms with Gasteiger partial charge in [-0.05, 0) is 43.4 Å². The Morgan fingerprint density at radius 3 is 1.86 bits per heavy atom. The molecule has 0 bridgehead atoms. The number of likely N-dealkylation sites (N-methyl/N-ethyl adjacent to an activating group) is 1. The van der Waals surface area contributed by atoms with E-state index < -0.39 is 41.4 Å². The van der Waals surface area contributed by atoms with Crippen LogP contribution in [0, 0.1) is 17.3 Å². The first kappa shape index (κ1) is 35.7. The normalized spacial score (nSPS) is 17.0. The summed E-state index contributed by atoms with van der Waals surface area (Å²) in [4.78, 5) is 69.5. The highest BCUT2D eigenvalue weighted by molar-refractivity contribution is 5.98. The van der Waals surface area contributed by atoms with Crippen LogP contribution in [0.5, 0.6) is 0 Å². The molecule has 1 heterocycles. The SMILES string of the molecule is CC(NC(=O)C(NC(=O)c1ccccc1)C(C)(C)C)C(=O)NC(CC(=O)NC(C(=O)N1CCN(C)CC1)C(C)C)C(C)C. The standard InChI is InChI=1S/C32H52N6O5/c1-20(2)24(19-25(39)35-26(21(3)4)31(43)38-17-15-37(9)16-18-38)34-28(40)22(5)33-30(42)27(32(6,7)8)36-29(41)23-13-11-10-12-14-23/h10-14,20-22,24,26-27H,15-19H2,1-9H3,(H,33,42)(H,34,40)(H,35,39)(H,36,41). The lowest BCUT2D eigenvalue weighted by Crippen LogP contribution is -2.58. The van der Waals surface area contributed by atoms with E-state index in [1.807, 2.05) is 55.5 Å². The lowest BCUT2D eigenvalue weighted by atomic mass is 9.85. The van der Waals surface area contributed by atoms with E-state index in [1.165, 1.54) is 0 Å². The van der Waals surface area contributed by atoms with Crippen LogP contribution in [0.3, 0.4) is 0 Å². The Morgan fingerprint density at radius 2 is 1.35 bits per heavy atom. The second-order valence-corrected chi connectivity index (χ2v) is 13.3. The Hall–Kier alpha value is -3.47. The number of rotatable bonds is 12. The summed E-state index contributed by atoms with van der Waals surface area (Å²) in [5.41, 5.74) is -0.198. The van der Waals surface area contributed by atoms with Gasteiger partial charge in [-0.2, -0.15) is 0 Å². The van der Waals surface area contributed by atoms with Gasteiger partial charge in [0.2, 0.25) is 23.6 Å². The summed E-state index contributed by atoms with van der Waals surface area (Å²) in [5, 5.41) is 11.3. The molecule has 0 aromatic heterocycles. The molecule has 11 heteroatoms. The molecule has 11 nitrogen and oxygen atoms in total. The van der Waals surface area contributed by atoms with E-state index >= 15 is 0 Å². The number of carbonyl (C=O) groups excluding carboxylic acids is 5. The number of hydrogen-bond donors (Lipinski definition) is 4. The van der Waals surface area contributed by atoms with E-state index in [-0.39, 0.29) is 36.0 Å². The summed E-state index contributed by atoms with van der Waals surface area (Å²) in [6, 6.07) is 5.63. The highest BCUT2D eigenvalue weighted by Gasteiger charge is 2.35. The number of benzene rings is 1. The minimum atomic E-state index is -0.919. The molecule has 0 aliphatic carbocycles. The van der Waals surface area contributed by atoms with Crippen molar-refractivity contribution in [2.24, 2.45) is 17.3 Å². The van der Waals surface area contributed by atoms with Crippen LogP contribution in [-0.4, -0.2) is 96.7 Å². The van der Waals surface area contributed by atoms with Crippen molar-refractivity contribution in [3.05, 3.63) is 35.9 Å². The molecule has 1 fully saturated rings. The molecule has 1 aliphatic rings. The van der Waals surface area contributed by atoms with Crippen LogP contribution in [0.1, 0.15) is 72.2 Å². The molecule has 1 saturated heterocycles.